The van der Waals surface area contributed by atoms with Crippen molar-refractivity contribution in [2.45, 2.75) is 64.3 Å². The van der Waals surface area contributed by atoms with Gasteiger partial charge in [0.2, 0.25) is 0 Å². The van der Waals surface area contributed by atoms with Crippen LogP contribution in [0.3, 0.4) is 0 Å². The maximum atomic E-state index is 13.2. The first-order valence-corrected chi connectivity index (χ1v) is 11.6. The summed E-state index contributed by atoms with van der Waals surface area (Å²) >= 11 is 0. The lowest BCUT2D eigenvalue weighted by molar-refractivity contribution is 0.0730. The molecule has 1 saturated carbocycles. The van der Waals surface area contributed by atoms with E-state index >= 15 is 0 Å². The number of hydrogen-bond acceptors (Lipinski definition) is 3. The molecule has 3 aromatic rings. The molecule has 0 saturated heterocycles. The van der Waals surface area contributed by atoms with Crippen molar-refractivity contribution in [3.63, 3.8) is 0 Å². The molecule has 0 radical (unpaired) electrons. The highest BCUT2D eigenvalue weighted by molar-refractivity contribution is 5.93. The largest absolute Gasteiger partial charge is 0.355 e. The highest BCUT2D eigenvalue weighted by Gasteiger charge is 2.21. The van der Waals surface area contributed by atoms with Crippen molar-refractivity contribution in [2.75, 3.05) is 6.54 Å². The molecule has 0 aliphatic heterocycles. The third kappa shape index (κ3) is 5.43. The quantitative estimate of drug-likeness (QED) is 0.404. The van der Waals surface area contributed by atoms with E-state index in [2.05, 4.69) is 36.3 Å². The van der Waals surface area contributed by atoms with Crippen molar-refractivity contribution in [1.29, 1.82) is 0 Å². The average molecular weight is 417 g/mol. The van der Waals surface area contributed by atoms with E-state index in [-0.39, 0.29) is 5.91 Å². The fourth-order valence-electron chi connectivity index (χ4n) is 4.43. The second kappa shape index (κ2) is 10.4. The molecule has 1 fully saturated rings. The zero-order valence-electron chi connectivity index (χ0n) is 18.4. The van der Waals surface area contributed by atoms with Gasteiger partial charge < -0.3 is 9.42 Å². The molecule has 162 valence electrons. The molecule has 1 aromatic heterocycles. The molecule has 4 heteroatoms. The number of aromatic nitrogens is 1. The standard InChI is InChI=1S/C27H32N2O2/c1-2-3-18-29(20-21-10-6-4-7-11-21)27(30)25-19-26(31-28-25)24-16-14-23(15-17-24)22-12-8-5-9-13-22/h4,6-7,10-11,14-17,19,22H,2-3,5,8-9,12-13,18,20H2,1H3. The Labute approximate surface area is 185 Å². The summed E-state index contributed by atoms with van der Waals surface area (Å²) < 4.78 is 5.56. The summed E-state index contributed by atoms with van der Waals surface area (Å²) in [4.78, 5) is 15.0. The first-order chi connectivity index (χ1) is 15.2. The number of carbonyl (C=O) groups is 1. The Bertz CT molecular complexity index is 956. The minimum Gasteiger partial charge on any atom is -0.355 e. The van der Waals surface area contributed by atoms with Crippen molar-refractivity contribution in [1.82, 2.24) is 10.1 Å². The third-order valence-corrected chi connectivity index (χ3v) is 6.29. The molecule has 1 heterocycles. The van der Waals surface area contributed by atoms with E-state index in [0.29, 0.717) is 30.5 Å². The van der Waals surface area contributed by atoms with Crippen LogP contribution in [0.1, 0.15) is 79.4 Å². The van der Waals surface area contributed by atoms with Gasteiger partial charge in [-0.25, -0.2) is 0 Å². The van der Waals surface area contributed by atoms with Gasteiger partial charge in [-0.05, 0) is 36.3 Å². The highest BCUT2D eigenvalue weighted by atomic mass is 16.5. The Balaban J connectivity index is 1.47. The van der Waals surface area contributed by atoms with E-state index in [1.807, 2.05) is 35.2 Å². The molecule has 0 atom stereocenters. The summed E-state index contributed by atoms with van der Waals surface area (Å²) in [7, 11) is 0. The summed E-state index contributed by atoms with van der Waals surface area (Å²) in [6, 6.07) is 20.5. The van der Waals surface area contributed by atoms with Crippen LogP contribution in [0, 0.1) is 0 Å². The predicted molar refractivity (Wildman–Crippen MR) is 124 cm³/mol. The molecular weight excluding hydrogens is 384 g/mol. The zero-order valence-corrected chi connectivity index (χ0v) is 18.4. The van der Waals surface area contributed by atoms with Gasteiger partial charge in [0.25, 0.3) is 5.91 Å². The average Bonchev–Trinajstić information content (AvgIpc) is 3.33. The highest BCUT2D eigenvalue weighted by Crippen LogP contribution is 2.33. The van der Waals surface area contributed by atoms with Gasteiger partial charge in [-0.15, -0.1) is 0 Å². The van der Waals surface area contributed by atoms with Crippen molar-refractivity contribution < 1.29 is 9.32 Å². The van der Waals surface area contributed by atoms with Gasteiger partial charge in [-0.2, -0.15) is 0 Å². The monoisotopic (exact) mass is 416 g/mol. The lowest BCUT2D eigenvalue weighted by Gasteiger charge is -2.22. The number of benzene rings is 2. The van der Waals surface area contributed by atoms with Gasteiger partial charge in [0.15, 0.2) is 11.5 Å². The molecule has 31 heavy (non-hydrogen) atoms. The maximum absolute atomic E-state index is 13.2. The molecule has 1 amide bonds. The fourth-order valence-corrected chi connectivity index (χ4v) is 4.43. The van der Waals surface area contributed by atoms with Crippen LogP contribution in [0.15, 0.2) is 65.2 Å². The van der Waals surface area contributed by atoms with E-state index in [9.17, 15) is 4.79 Å². The second-order valence-corrected chi connectivity index (χ2v) is 8.60. The Morgan fingerprint density at radius 3 is 2.48 bits per heavy atom. The molecule has 4 rings (SSSR count). The molecule has 2 aromatic carbocycles. The second-order valence-electron chi connectivity index (χ2n) is 8.60. The molecule has 1 aliphatic rings. The molecule has 0 N–H and O–H groups in total. The van der Waals surface area contributed by atoms with Crippen LogP contribution in [0.25, 0.3) is 11.3 Å². The van der Waals surface area contributed by atoms with Crippen LogP contribution in [-0.2, 0) is 6.54 Å². The Hall–Kier alpha value is -2.88. The lowest BCUT2D eigenvalue weighted by Crippen LogP contribution is -2.31. The normalized spacial score (nSPS) is 14.5. The van der Waals surface area contributed by atoms with Gasteiger partial charge >= 0.3 is 0 Å². The van der Waals surface area contributed by atoms with E-state index in [4.69, 9.17) is 4.52 Å². The van der Waals surface area contributed by atoms with Gasteiger partial charge in [0.05, 0.1) is 0 Å². The van der Waals surface area contributed by atoms with Gasteiger partial charge in [0.1, 0.15) is 0 Å². The summed E-state index contributed by atoms with van der Waals surface area (Å²) in [5, 5.41) is 4.11. The van der Waals surface area contributed by atoms with Crippen molar-refractivity contribution >= 4 is 5.91 Å². The Morgan fingerprint density at radius 2 is 1.77 bits per heavy atom. The van der Waals surface area contributed by atoms with Crippen molar-refractivity contribution in [2.24, 2.45) is 0 Å². The van der Waals surface area contributed by atoms with Crippen LogP contribution in [-0.4, -0.2) is 22.5 Å². The van der Waals surface area contributed by atoms with Crippen LogP contribution in [0.5, 0.6) is 0 Å². The van der Waals surface area contributed by atoms with Crippen LogP contribution < -0.4 is 0 Å². The van der Waals surface area contributed by atoms with E-state index in [1.54, 1.807) is 6.07 Å². The van der Waals surface area contributed by atoms with Gasteiger partial charge in [-0.3, -0.25) is 4.79 Å². The molecule has 0 bridgehead atoms. The number of nitrogens with zero attached hydrogens (tertiary/aromatic N) is 2. The third-order valence-electron chi connectivity index (χ3n) is 6.29. The van der Waals surface area contributed by atoms with Gasteiger partial charge in [-0.1, -0.05) is 92.4 Å². The SMILES string of the molecule is CCCCN(Cc1ccccc1)C(=O)c1cc(-c2ccc(C3CCCCC3)cc2)on1. The van der Waals surface area contributed by atoms with E-state index < -0.39 is 0 Å². The number of hydrogen-bond donors (Lipinski definition) is 0. The van der Waals surface area contributed by atoms with Crippen LogP contribution >= 0.6 is 0 Å². The van der Waals surface area contributed by atoms with Crippen molar-refractivity contribution in [3.8, 4) is 11.3 Å². The summed E-state index contributed by atoms with van der Waals surface area (Å²) in [5.74, 6) is 1.25. The molecule has 4 nitrogen and oxygen atoms in total. The smallest absolute Gasteiger partial charge is 0.276 e. The lowest BCUT2D eigenvalue weighted by atomic mass is 9.84. The van der Waals surface area contributed by atoms with E-state index in [0.717, 1.165) is 24.0 Å². The summed E-state index contributed by atoms with van der Waals surface area (Å²) in [6.45, 7) is 3.43. The number of amides is 1. The Morgan fingerprint density at radius 1 is 1.03 bits per heavy atom. The Kier molecular flexibility index (Phi) is 7.18. The maximum Gasteiger partial charge on any atom is 0.276 e. The summed E-state index contributed by atoms with van der Waals surface area (Å²) in [5.41, 5.74) is 3.87. The molecule has 0 spiro atoms. The minimum absolute atomic E-state index is 0.0777. The predicted octanol–water partition coefficient (Wildman–Crippen LogP) is 6.83. The van der Waals surface area contributed by atoms with Crippen LogP contribution in [0.4, 0.5) is 0 Å². The van der Waals surface area contributed by atoms with Crippen LogP contribution in [0.2, 0.25) is 0 Å². The van der Waals surface area contributed by atoms with Gasteiger partial charge in [0, 0.05) is 24.7 Å². The summed E-state index contributed by atoms with van der Waals surface area (Å²) in [6.07, 6.45) is 8.60. The van der Waals surface area contributed by atoms with Crippen molar-refractivity contribution in [3.05, 3.63) is 77.5 Å². The topological polar surface area (TPSA) is 46.3 Å². The number of carbonyl (C=O) groups excluding carboxylic acids is 1. The van der Waals surface area contributed by atoms with E-state index in [1.165, 1.54) is 37.7 Å². The minimum atomic E-state index is -0.0777. The first kappa shape index (κ1) is 21.4. The molecular formula is C27H32N2O2. The number of rotatable bonds is 8. The fraction of sp³-hybridized carbons (Fsp3) is 0.407. The first-order valence-electron chi connectivity index (χ1n) is 11.6. The number of unbranched alkanes of at least 4 members (excludes halogenated alkanes) is 1. The zero-order chi connectivity index (χ0) is 21.5. The molecule has 1 aliphatic carbocycles. The molecule has 0 unspecified atom stereocenters.